The van der Waals surface area contributed by atoms with Crippen LogP contribution in [0.5, 0.6) is 0 Å². The van der Waals surface area contributed by atoms with Crippen LogP contribution in [0.1, 0.15) is 13.8 Å². The molecule has 6 nitrogen and oxygen atoms in total. The van der Waals surface area contributed by atoms with E-state index in [9.17, 15) is 13.2 Å². The molecule has 9 heteroatoms. The number of rotatable bonds is 5. The molecule has 0 aliphatic carbocycles. The van der Waals surface area contributed by atoms with Gasteiger partial charge in [-0.1, -0.05) is 0 Å². The second-order valence-corrected chi connectivity index (χ2v) is 7.96. The number of benzene rings is 1. The van der Waals surface area contributed by atoms with E-state index in [1.54, 1.807) is 13.8 Å². The maximum atomic E-state index is 12.7. The third kappa shape index (κ3) is 3.72. The van der Waals surface area contributed by atoms with Crippen LogP contribution in [0.15, 0.2) is 26.0 Å². The molecule has 1 amide bonds. The Morgan fingerprint density at radius 2 is 1.75 bits per heavy atom. The molecule has 1 aromatic rings. The SMILES string of the molecule is CC(C)N(CC(N)=O)S(=O)(=O)c1c(Br)cc(N)cc1Br. The molecule has 1 rings (SSSR count). The summed E-state index contributed by atoms with van der Waals surface area (Å²) in [5, 5.41) is 0. The molecule has 1 aromatic carbocycles. The fourth-order valence-electron chi connectivity index (χ4n) is 1.64. The smallest absolute Gasteiger partial charge is 0.246 e. The van der Waals surface area contributed by atoms with E-state index < -0.39 is 22.0 Å². The Kier molecular flexibility index (Phi) is 5.59. The Morgan fingerprint density at radius 1 is 1.30 bits per heavy atom. The van der Waals surface area contributed by atoms with E-state index in [2.05, 4.69) is 31.9 Å². The van der Waals surface area contributed by atoms with Gasteiger partial charge in [-0.2, -0.15) is 4.31 Å². The van der Waals surface area contributed by atoms with Gasteiger partial charge in [-0.05, 0) is 57.8 Å². The van der Waals surface area contributed by atoms with E-state index >= 15 is 0 Å². The van der Waals surface area contributed by atoms with E-state index in [0.29, 0.717) is 14.6 Å². The van der Waals surface area contributed by atoms with Crippen LogP contribution in [0.25, 0.3) is 0 Å². The minimum absolute atomic E-state index is 0.0154. The molecule has 0 heterocycles. The highest BCUT2D eigenvalue weighted by Gasteiger charge is 2.32. The molecule has 4 N–H and O–H groups in total. The van der Waals surface area contributed by atoms with Gasteiger partial charge in [0.05, 0.1) is 6.54 Å². The molecule has 0 saturated heterocycles. The lowest BCUT2D eigenvalue weighted by molar-refractivity contribution is -0.118. The molecule has 0 atom stereocenters. The van der Waals surface area contributed by atoms with Gasteiger partial charge in [-0.25, -0.2) is 8.42 Å². The van der Waals surface area contributed by atoms with E-state index in [0.717, 1.165) is 4.31 Å². The van der Waals surface area contributed by atoms with Crippen LogP contribution in [0.2, 0.25) is 0 Å². The highest BCUT2D eigenvalue weighted by atomic mass is 79.9. The number of anilines is 1. The van der Waals surface area contributed by atoms with E-state index in [4.69, 9.17) is 11.5 Å². The zero-order valence-corrected chi connectivity index (χ0v) is 14.9. The number of hydrogen-bond acceptors (Lipinski definition) is 4. The van der Waals surface area contributed by atoms with Crippen LogP contribution >= 0.6 is 31.9 Å². The number of nitrogen functional groups attached to an aromatic ring is 1. The molecule has 0 aromatic heterocycles. The molecular weight excluding hydrogens is 414 g/mol. The number of nitrogens with zero attached hydrogens (tertiary/aromatic N) is 1. The lowest BCUT2D eigenvalue weighted by Crippen LogP contribution is -2.42. The second-order valence-electron chi connectivity index (χ2n) is 4.42. The summed E-state index contributed by atoms with van der Waals surface area (Å²) in [6.07, 6.45) is 0. The molecule has 0 saturated carbocycles. The highest BCUT2D eigenvalue weighted by Crippen LogP contribution is 2.34. The molecule has 0 bridgehead atoms. The van der Waals surface area contributed by atoms with Crippen LogP contribution in [-0.4, -0.2) is 31.2 Å². The molecule has 20 heavy (non-hydrogen) atoms. The predicted octanol–water partition coefficient (Wildman–Crippen LogP) is 1.68. The monoisotopic (exact) mass is 427 g/mol. The number of halogens is 2. The first-order valence-corrected chi connectivity index (χ1v) is 8.64. The number of hydrogen-bond donors (Lipinski definition) is 2. The Bertz CT molecular complexity index is 609. The average Bonchev–Trinajstić information content (AvgIpc) is 2.22. The molecule has 0 unspecified atom stereocenters. The van der Waals surface area contributed by atoms with Gasteiger partial charge in [-0.15, -0.1) is 0 Å². The molecule has 0 spiro atoms. The molecule has 112 valence electrons. The van der Waals surface area contributed by atoms with Crippen molar-refractivity contribution < 1.29 is 13.2 Å². The highest BCUT2D eigenvalue weighted by molar-refractivity contribution is 9.11. The Hall–Kier alpha value is -0.640. The first-order chi connectivity index (χ1) is 9.07. The van der Waals surface area contributed by atoms with Crippen molar-refractivity contribution in [3.05, 3.63) is 21.1 Å². The second kappa shape index (κ2) is 6.42. The average molecular weight is 429 g/mol. The minimum atomic E-state index is -3.89. The maximum Gasteiger partial charge on any atom is 0.246 e. The summed E-state index contributed by atoms with van der Waals surface area (Å²) in [7, 11) is -3.89. The van der Waals surface area contributed by atoms with Gasteiger partial charge in [0.25, 0.3) is 0 Å². The van der Waals surface area contributed by atoms with Crippen molar-refractivity contribution in [1.82, 2.24) is 4.31 Å². The van der Waals surface area contributed by atoms with Gasteiger partial charge >= 0.3 is 0 Å². The Balaban J connectivity index is 3.45. The van der Waals surface area contributed by atoms with Gasteiger partial charge < -0.3 is 11.5 Å². The summed E-state index contributed by atoms with van der Waals surface area (Å²) >= 11 is 6.37. The summed E-state index contributed by atoms with van der Waals surface area (Å²) in [6.45, 7) is 2.95. The fraction of sp³-hybridized carbons (Fsp3) is 0.364. The van der Waals surface area contributed by atoms with Crippen LogP contribution < -0.4 is 11.5 Å². The van der Waals surface area contributed by atoms with Gasteiger partial charge in [0.2, 0.25) is 15.9 Å². The molecule has 0 radical (unpaired) electrons. The lowest BCUT2D eigenvalue weighted by Gasteiger charge is -2.25. The minimum Gasteiger partial charge on any atom is -0.399 e. The number of nitrogens with two attached hydrogens (primary N) is 2. The lowest BCUT2D eigenvalue weighted by atomic mass is 10.3. The maximum absolute atomic E-state index is 12.7. The Labute approximate surface area is 134 Å². The van der Waals surface area contributed by atoms with Crippen molar-refractivity contribution in [3.63, 3.8) is 0 Å². The van der Waals surface area contributed by atoms with Crippen molar-refractivity contribution in [2.24, 2.45) is 5.73 Å². The van der Waals surface area contributed by atoms with E-state index in [1.165, 1.54) is 12.1 Å². The number of carbonyl (C=O) groups excluding carboxylic acids is 1. The summed E-state index contributed by atoms with van der Waals surface area (Å²) in [4.78, 5) is 11.1. The van der Waals surface area contributed by atoms with Crippen LogP contribution in [0.4, 0.5) is 5.69 Å². The van der Waals surface area contributed by atoms with Crippen molar-refractivity contribution in [2.75, 3.05) is 12.3 Å². The zero-order chi connectivity index (χ0) is 15.7. The number of primary amides is 1. The zero-order valence-electron chi connectivity index (χ0n) is 10.9. The third-order valence-electron chi connectivity index (χ3n) is 2.47. The van der Waals surface area contributed by atoms with Crippen LogP contribution in [0, 0.1) is 0 Å². The first kappa shape index (κ1) is 17.4. The van der Waals surface area contributed by atoms with Crippen molar-refractivity contribution >= 4 is 53.5 Å². The van der Waals surface area contributed by atoms with Crippen LogP contribution in [-0.2, 0) is 14.8 Å². The molecular formula is C11H15Br2N3O3S. The summed E-state index contributed by atoms with van der Waals surface area (Å²) in [5.41, 5.74) is 11.2. The van der Waals surface area contributed by atoms with E-state index in [1.807, 2.05) is 0 Å². The number of sulfonamides is 1. The standard InChI is InChI=1S/C11H15Br2N3O3S/c1-6(2)16(5-10(15)17)20(18,19)11-8(12)3-7(14)4-9(11)13/h3-4,6H,5,14H2,1-2H3,(H2,15,17). The number of amides is 1. The van der Waals surface area contributed by atoms with E-state index in [-0.39, 0.29) is 11.4 Å². The van der Waals surface area contributed by atoms with Crippen molar-refractivity contribution in [1.29, 1.82) is 0 Å². The molecule has 0 aliphatic heterocycles. The first-order valence-electron chi connectivity index (χ1n) is 5.62. The quantitative estimate of drug-likeness (QED) is 0.695. The number of carbonyl (C=O) groups is 1. The predicted molar refractivity (Wildman–Crippen MR) is 84.5 cm³/mol. The summed E-state index contributed by atoms with van der Waals surface area (Å²) in [6, 6.07) is 2.56. The largest absolute Gasteiger partial charge is 0.399 e. The van der Waals surface area contributed by atoms with Crippen molar-refractivity contribution in [3.8, 4) is 0 Å². The molecule has 0 fully saturated rings. The Morgan fingerprint density at radius 3 is 2.10 bits per heavy atom. The third-order valence-corrected chi connectivity index (χ3v) is 6.37. The summed E-state index contributed by atoms with van der Waals surface area (Å²) in [5.74, 6) is -0.718. The van der Waals surface area contributed by atoms with Crippen molar-refractivity contribution in [2.45, 2.75) is 24.8 Å². The fourth-order valence-corrected chi connectivity index (χ4v) is 5.79. The molecule has 0 aliphatic rings. The van der Waals surface area contributed by atoms with Gasteiger partial charge in [0, 0.05) is 20.7 Å². The summed E-state index contributed by atoms with van der Waals surface area (Å²) < 4.78 is 27.0. The topological polar surface area (TPSA) is 106 Å². The van der Waals surface area contributed by atoms with Gasteiger partial charge in [0.15, 0.2) is 0 Å². The van der Waals surface area contributed by atoms with Crippen LogP contribution in [0.3, 0.4) is 0 Å². The van der Waals surface area contributed by atoms with Gasteiger partial charge in [-0.3, -0.25) is 4.79 Å². The normalized spacial score (nSPS) is 12.1. The van der Waals surface area contributed by atoms with Gasteiger partial charge in [0.1, 0.15) is 4.90 Å².